The van der Waals surface area contributed by atoms with Crippen molar-refractivity contribution in [3.05, 3.63) is 42.1 Å². The summed E-state index contributed by atoms with van der Waals surface area (Å²) in [6.45, 7) is 2.16. The van der Waals surface area contributed by atoms with Gasteiger partial charge in [-0.2, -0.15) is 0 Å². The number of rotatable bonds is 4. The molecule has 1 saturated carbocycles. The number of carbonyl (C=O) groups is 2. The maximum atomic E-state index is 12.9. The van der Waals surface area contributed by atoms with Crippen LogP contribution in [0.3, 0.4) is 0 Å². The highest BCUT2D eigenvalue weighted by molar-refractivity contribution is 5.88. The maximum Gasteiger partial charge on any atom is 0.226 e. The highest BCUT2D eigenvalue weighted by Gasteiger charge is 2.38. The molecular weight excluding hydrogens is 338 g/mol. The Morgan fingerprint density at radius 1 is 1.04 bits per heavy atom. The van der Waals surface area contributed by atoms with Gasteiger partial charge in [-0.15, -0.1) is 0 Å². The molecule has 2 atom stereocenters. The number of pyridine rings is 1. The topological polar surface area (TPSA) is 62.3 Å². The molecule has 0 bridgehead atoms. The van der Waals surface area contributed by atoms with Gasteiger partial charge in [0, 0.05) is 43.1 Å². The largest absolute Gasteiger partial charge is 0.352 e. The van der Waals surface area contributed by atoms with Gasteiger partial charge in [-0.1, -0.05) is 31.0 Å². The third-order valence-corrected chi connectivity index (χ3v) is 5.95. The number of aromatic nitrogens is 1. The molecule has 2 amide bonds. The second-order valence-corrected chi connectivity index (χ2v) is 7.78. The Morgan fingerprint density at radius 3 is 2.59 bits per heavy atom. The number of benzene rings is 1. The van der Waals surface area contributed by atoms with Crippen molar-refractivity contribution in [3.63, 3.8) is 0 Å². The molecule has 142 valence electrons. The minimum Gasteiger partial charge on any atom is -0.352 e. The second kappa shape index (κ2) is 8.07. The summed E-state index contributed by atoms with van der Waals surface area (Å²) in [5.74, 6) is -0.132. The van der Waals surface area contributed by atoms with Crippen molar-refractivity contribution in [3.8, 4) is 0 Å². The van der Waals surface area contributed by atoms with Crippen molar-refractivity contribution >= 4 is 22.7 Å². The Morgan fingerprint density at radius 2 is 1.78 bits per heavy atom. The Bertz CT molecular complexity index is 829. The number of nitrogens with one attached hydrogen (secondary N) is 1. The fourth-order valence-corrected chi connectivity index (χ4v) is 4.45. The van der Waals surface area contributed by atoms with Gasteiger partial charge < -0.3 is 10.2 Å². The van der Waals surface area contributed by atoms with Crippen LogP contribution in [0.2, 0.25) is 0 Å². The molecule has 1 saturated heterocycles. The fourth-order valence-electron chi connectivity index (χ4n) is 4.45. The van der Waals surface area contributed by atoms with Gasteiger partial charge in [0.15, 0.2) is 0 Å². The van der Waals surface area contributed by atoms with Crippen LogP contribution in [0.4, 0.5) is 0 Å². The lowest BCUT2D eigenvalue weighted by atomic mass is 9.78. The maximum absolute atomic E-state index is 12.9. The molecule has 27 heavy (non-hydrogen) atoms. The molecule has 5 nitrogen and oxygen atoms in total. The standard InChI is InChI=1S/C22H27N3O2/c26-21(24-15-16-13-17-7-1-4-10-20(17)23-14-16)18-8-2-3-9-19(18)22(27)25-11-5-6-12-25/h1,4,7,10,13-14,18-19H,2-3,5-6,8-9,11-12,15H2,(H,24,26)/t18-,19+/m0/s1. The number of likely N-dealkylation sites (tertiary alicyclic amines) is 1. The van der Waals surface area contributed by atoms with Crippen LogP contribution in [0.5, 0.6) is 0 Å². The van der Waals surface area contributed by atoms with Gasteiger partial charge in [0.05, 0.1) is 5.52 Å². The highest BCUT2D eigenvalue weighted by Crippen LogP contribution is 2.32. The lowest BCUT2D eigenvalue weighted by molar-refractivity contribution is -0.142. The van der Waals surface area contributed by atoms with E-state index in [-0.39, 0.29) is 23.7 Å². The molecule has 5 heteroatoms. The van der Waals surface area contributed by atoms with Crippen molar-refractivity contribution in [1.82, 2.24) is 15.2 Å². The predicted molar refractivity (Wildman–Crippen MR) is 105 cm³/mol. The fraction of sp³-hybridized carbons (Fsp3) is 0.500. The summed E-state index contributed by atoms with van der Waals surface area (Å²) in [6, 6.07) is 10.0. The van der Waals surface area contributed by atoms with Crippen LogP contribution >= 0.6 is 0 Å². The lowest BCUT2D eigenvalue weighted by Crippen LogP contribution is -2.44. The second-order valence-electron chi connectivity index (χ2n) is 7.78. The minimum atomic E-state index is -0.194. The third-order valence-electron chi connectivity index (χ3n) is 5.95. The zero-order chi connectivity index (χ0) is 18.6. The predicted octanol–water partition coefficient (Wildman–Crippen LogP) is 3.28. The first kappa shape index (κ1) is 18.0. The van der Waals surface area contributed by atoms with Crippen LogP contribution in [0.25, 0.3) is 10.9 Å². The van der Waals surface area contributed by atoms with Gasteiger partial charge in [0.2, 0.25) is 11.8 Å². The quantitative estimate of drug-likeness (QED) is 0.904. The average Bonchev–Trinajstić information content (AvgIpc) is 3.26. The van der Waals surface area contributed by atoms with Gasteiger partial charge >= 0.3 is 0 Å². The van der Waals surface area contributed by atoms with Gasteiger partial charge in [0.1, 0.15) is 0 Å². The lowest BCUT2D eigenvalue weighted by Gasteiger charge is -2.32. The zero-order valence-corrected chi connectivity index (χ0v) is 15.7. The summed E-state index contributed by atoms with van der Waals surface area (Å²) >= 11 is 0. The normalized spacial score (nSPS) is 22.7. The molecule has 1 aliphatic carbocycles. The van der Waals surface area contributed by atoms with Crippen molar-refractivity contribution in [2.75, 3.05) is 13.1 Å². The van der Waals surface area contributed by atoms with Crippen molar-refractivity contribution in [1.29, 1.82) is 0 Å². The van der Waals surface area contributed by atoms with Crippen LogP contribution in [0, 0.1) is 11.8 Å². The van der Waals surface area contributed by atoms with Gasteiger partial charge in [-0.05, 0) is 43.4 Å². The summed E-state index contributed by atoms with van der Waals surface area (Å²) in [4.78, 5) is 32.2. The summed E-state index contributed by atoms with van der Waals surface area (Å²) in [6.07, 6.45) is 7.71. The van der Waals surface area contributed by atoms with Crippen LogP contribution < -0.4 is 5.32 Å². The van der Waals surface area contributed by atoms with Crippen LogP contribution in [-0.2, 0) is 16.1 Å². The molecule has 2 heterocycles. The number of carbonyl (C=O) groups excluding carboxylic acids is 2. The summed E-state index contributed by atoms with van der Waals surface area (Å²) in [7, 11) is 0. The van der Waals surface area contributed by atoms with Crippen molar-refractivity contribution in [2.45, 2.75) is 45.1 Å². The molecule has 0 unspecified atom stereocenters. The summed E-state index contributed by atoms with van der Waals surface area (Å²) in [5, 5.41) is 4.13. The van der Waals surface area contributed by atoms with Crippen molar-refractivity contribution < 1.29 is 9.59 Å². The van der Waals surface area contributed by atoms with E-state index in [9.17, 15) is 9.59 Å². The van der Waals surface area contributed by atoms with E-state index in [1.54, 1.807) is 0 Å². The van der Waals surface area contributed by atoms with E-state index in [4.69, 9.17) is 0 Å². The molecule has 4 rings (SSSR count). The number of hydrogen-bond acceptors (Lipinski definition) is 3. The Labute approximate surface area is 160 Å². The number of nitrogens with zero attached hydrogens (tertiary/aromatic N) is 2. The first-order valence-electron chi connectivity index (χ1n) is 10.1. The van der Waals surface area contributed by atoms with Gasteiger partial charge in [-0.25, -0.2) is 0 Å². The molecule has 1 aromatic heterocycles. The molecule has 2 aliphatic rings. The van der Waals surface area contributed by atoms with Crippen LogP contribution in [0.1, 0.15) is 44.1 Å². The highest BCUT2D eigenvalue weighted by atomic mass is 16.2. The van der Waals surface area contributed by atoms with E-state index in [2.05, 4.69) is 16.4 Å². The molecule has 0 radical (unpaired) electrons. The molecule has 2 aromatic rings. The van der Waals surface area contributed by atoms with E-state index < -0.39 is 0 Å². The molecule has 0 spiro atoms. The van der Waals surface area contributed by atoms with E-state index in [0.717, 1.165) is 68.1 Å². The van der Waals surface area contributed by atoms with E-state index in [1.807, 2.05) is 35.4 Å². The molecule has 1 aliphatic heterocycles. The van der Waals surface area contributed by atoms with Crippen LogP contribution in [-0.4, -0.2) is 34.8 Å². The molecule has 1 N–H and O–H groups in total. The smallest absolute Gasteiger partial charge is 0.226 e. The minimum absolute atomic E-state index is 0.0143. The first-order chi connectivity index (χ1) is 13.2. The van der Waals surface area contributed by atoms with E-state index in [0.29, 0.717) is 6.54 Å². The van der Waals surface area contributed by atoms with Crippen LogP contribution in [0.15, 0.2) is 36.5 Å². The molecular formula is C22H27N3O2. The average molecular weight is 365 g/mol. The van der Waals surface area contributed by atoms with Gasteiger partial charge in [-0.3, -0.25) is 14.6 Å². The first-order valence-corrected chi connectivity index (χ1v) is 10.1. The Kier molecular flexibility index (Phi) is 5.37. The van der Waals surface area contributed by atoms with Crippen molar-refractivity contribution in [2.24, 2.45) is 11.8 Å². The summed E-state index contributed by atoms with van der Waals surface area (Å²) in [5.41, 5.74) is 1.94. The molecule has 1 aromatic carbocycles. The summed E-state index contributed by atoms with van der Waals surface area (Å²) < 4.78 is 0. The Balaban J connectivity index is 1.41. The zero-order valence-electron chi connectivity index (χ0n) is 15.7. The SMILES string of the molecule is O=C(NCc1cnc2ccccc2c1)[C@H]1CCCC[C@H]1C(=O)N1CCCC1. The van der Waals surface area contributed by atoms with E-state index >= 15 is 0 Å². The number of fused-ring (bicyclic) bond motifs is 1. The van der Waals surface area contributed by atoms with E-state index in [1.165, 1.54) is 0 Å². The van der Waals surface area contributed by atoms with Gasteiger partial charge in [0.25, 0.3) is 0 Å². The Hall–Kier alpha value is -2.43. The number of amides is 2. The third kappa shape index (κ3) is 3.97. The monoisotopic (exact) mass is 365 g/mol. The number of hydrogen-bond donors (Lipinski definition) is 1. The molecule has 2 fully saturated rings. The number of para-hydroxylation sites is 1.